The van der Waals surface area contributed by atoms with Crippen LogP contribution in [0.25, 0.3) is 0 Å². The summed E-state index contributed by atoms with van der Waals surface area (Å²) in [6.45, 7) is 4.04. The summed E-state index contributed by atoms with van der Waals surface area (Å²) in [5.41, 5.74) is -1.07. The molecule has 7 heteroatoms. The van der Waals surface area contributed by atoms with E-state index in [-0.39, 0.29) is 19.2 Å². The van der Waals surface area contributed by atoms with E-state index in [4.69, 9.17) is 9.47 Å². The van der Waals surface area contributed by atoms with Crippen molar-refractivity contribution < 1.29 is 24.2 Å². The summed E-state index contributed by atoms with van der Waals surface area (Å²) >= 11 is 0. The molecule has 2 N–H and O–H groups in total. The SMILES string of the molecule is CN(CC1CCCOC1)C(=O)NC1COCC1(C)C(=O)O. The topological polar surface area (TPSA) is 88.1 Å². The number of carboxylic acids is 1. The second-order valence-corrected chi connectivity index (χ2v) is 6.20. The first-order valence-electron chi connectivity index (χ1n) is 7.34. The lowest BCUT2D eigenvalue weighted by Crippen LogP contribution is -2.53. The maximum absolute atomic E-state index is 12.2. The van der Waals surface area contributed by atoms with Gasteiger partial charge in [-0.15, -0.1) is 0 Å². The largest absolute Gasteiger partial charge is 0.481 e. The molecule has 2 heterocycles. The zero-order valence-corrected chi connectivity index (χ0v) is 12.6. The van der Waals surface area contributed by atoms with Crippen molar-refractivity contribution in [1.29, 1.82) is 0 Å². The van der Waals surface area contributed by atoms with Crippen LogP contribution >= 0.6 is 0 Å². The lowest BCUT2D eigenvalue weighted by atomic mass is 9.85. The molecular weight excluding hydrogens is 276 g/mol. The molecule has 0 aromatic rings. The van der Waals surface area contributed by atoms with E-state index in [1.54, 1.807) is 18.9 Å². The van der Waals surface area contributed by atoms with Crippen molar-refractivity contribution in [3.05, 3.63) is 0 Å². The minimum atomic E-state index is -1.07. The van der Waals surface area contributed by atoms with E-state index in [1.165, 1.54) is 0 Å². The number of nitrogens with zero attached hydrogens (tertiary/aromatic N) is 1. The van der Waals surface area contributed by atoms with Gasteiger partial charge < -0.3 is 24.8 Å². The van der Waals surface area contributed by atoms with E-state index in [0.717, 1.165) is 19.4 Å². The lowest BCUT2D eigenvalue weighted by Gasteiger charge is -2.30. The van der Waals surface area contributed by atoms with Crippen molar-refractivity contribution in [2.45, 2.75) is 25.8 Å². The van der Waals surface area contributed by atoms with Gasteiger partial charge in [0.05, 0.1) is 25.9 Å². The molecule has 2 amide bonds. The third-order valence-corrected chi connectivity index (χ3v) is 4.38. The van der Waals surface area contributed by atoms with Crippen molar-refractivity contribution >= 4 is 12.0 Å². The maximum atomic E-state index is 12.2. The van der Waals surface area contributed by atoms with Crippen LogP contribution in [0.1, 0.15) is 19.8 Å². The Kier molecular flexibility index (Phi) is 5.05. The molecule has 0 radical (unpaired) electrons. The highest BCUT2D eigenvalue weighted by molar-refractivity contribution is 5.79. The van der Waals surface area contributed by atoms with Crippen molar-refractivity contribution in [1.82, 2.24) is 10.2 Å². The number of rotatable bonds is 4. The summed E-state index contributed by atoms with van der Waals surface area (Å²) in [6, 6.07) is -0.767. The molecule has 0 saturated carbocycles. The monoisotopic (exact) mass is 300 g/mol. The third-order valence-electron chi connectivity index (χ3n) is 4.38. The predicted octanol–water partition coefficient (Wildman–Crippen LogP) is 0.544. The Labute approximate surface area is 124 Å². The molecule has 0 aromatic heterocycles. The van der Waals surface area contributed by atoms with E-state index in [9.17, 15) is 14.7 Å². The molecule has 0 aliphatic carbocycles. The van der Waals surface area contributed by atoms with Gasteiger partial charge in [0.25, 0.3) is 0 Å². The van der Waals surface area contributed by atoms with Crippen LogP contribution in [0.15, 0.2) is 0 Å². The Balaban J connectivity index is 1.86. The Morgan fingerprint density at radius 2 is 2.14 bits per heavy atom. The molecule has 21 heavy (non-hydrogen) atoms. The van der Waals surface area contributed by atoms with Crippen molar-refractivity contribution in [3.8, 4) is 0 Å². The molecule has 3 unspecified atom stereocenters. The van der Waals surface area contributed by atoms with Gasteiger partial charge in [0.2, 0.25) is 0 Å². The number of ether oxygens (including phenoxy) is 2. The van der Waals surface area contributed by atoms with Crippen LogP contribution < -0.4 is 5.32 Å². The number of hydrogen-bond donors (Lipinski definition) is 2. The normalized spacial score (nSPS) is 32.7. The number of nitrogens with one attached hydrogen (secondary N) is 1. The van der Waals surface area contributed by atoms with Crippen LogP contribution in [-0.2, 0) is 14.3 Å². The van der Waals surface area contributed by atoms with Gasteiger partial charge >= 0.3 is 12.0 Å². The van der Waals surface area contributed by atoms with Crippen molar-refractivity contribution in [3.63, 3.8) is 0 Å². The number of hydrogen-bond acceptors (Lipinski definition) is 4. The number of urea groups is 1. The molecule has 120 valence electrons. The molecule has 0 spiro atoms. The van der Waals surface area contributed by atoms with Crippen LogP contribution in [0.4, 0.5) is 4.79 Å². The van der Waals surface area contributed by atoms with Gasteiger partial charge in [-0.1, -0.05) is 0 Å². The smallest absolute Gasteiger partial charge is 0.317 e. The minimum absolute atomic E-state index is 0.119. The Morgan fingerprint density at radius 3 is 2.76 bits per heavy atom. The first kappa shape index (κ1) is 16.0. The fourth-order valence-corrected chi connectivity index (χ4v) is 2.77. The van der Waals surface area contributed by atoms with E-state index in [0.29, 0.717) is 19.1 Å². The summed E-state index contributed by atoms with van der Waals surface area (Å²) in [4.78, 5) is 25.1. The lowest BCUT2D eigenvalue weighted by molar-refractivity contribution is -0.148. The molecule has 0 bridgehead atoms. The zero-order chi connectivity index (χ0) is 15.5. The number of carbonyl (C=O) groups is 2. The van der Waals surface area contributed by atoms with Gasteiger partial charge in [0, 0.05) is 26.1 Å². The van der Waals surface area contributed by atoms with Gasteiger partial charge in [-0.05, 0) is 19.8 Å². The molecule has 3 atom stereocenters. The second kappa shape index (κ2) is 6.62. The summed E-state index contributed by atoms with van der Waals surface area (Å²) in [6.07, 6.45) is 2.07. The Morgan fingerprint density at radius 1 is 1.38 bits per heavy atom. The fourth-order valence-electron chi connectivity index (χ4n) is 2.77. The van der Waals surface area contributed by atoms with Crippen LogP contribution in [0, 0.1) is 11.3 Å². The predicted molar refractivity (Wildman–Crippen MR) is 75.1 cm³/mol. The fraction of sp³-hybridized carbons (Fsp3) is 0.857. The highest BCUT2D eigenvalue weighted by Gasteiger charge is 2.47. The average Bonchev–Trinajstić information content (AvgIpc) is 2.82. The number of amides is 2. The minimum Gasteiger partial charge on any atom is -0.481 e. The quantitative estimate of drug-likeness (QED) is 0.791. The average molecular weight is 300 g/mol. The van der Waals surface area contributed by atoms with E-state index < -0.39 is 17.4 Å². The van der Waals surface area contributed by atoms with Gasteiger partial charge in [-0.2, -0.15) is 0 Å². The number of aliphatic carboxylic acids is 1. The molecule has 2 fully saturated rings. The molecule has 7 nitrogen and oxygen atoms in total. The van der Waals surface area contributed by atoms with Gasteiger partial charge in [0.15, 0.2) is 0 Å². The number of carbonyl (C=O) groups excluding carboxylic acids is 1. The molecule has 2 aliphatic rings. The van der Waals surface area contributed by atoms with Crippen molar-refractivity contribution in [2.24, 2.45) is 11.3 Å². The first-order valence-corrected chi connectivity index (χ1v) is 7.34. The summed E-state index contributed by atoms with van der Waals surface area (Å²) < 4.78 is 10.6. The third kappa shape index (κ3) is 3.65. The molecule has 0 aromatic carbocycles. The molecule has 2 rings (SSSR count). The molecule has 2 aliphatic heterocycles. The van der Waals surface area contributed by atoms with E-state index in [1.807, 2.05) is 0 Å². The van der Waals surface area contributed by atoms with Gasteiger partial charge in [0.1, 0.15) is 5.41 Å². The molecular formula is C14H24N2O5. The van der Waals surface area contributed by atoms with E-state index in [2.05, 4.69) is 5.32 Å². The van der Waals surface area contributed by atoms with Crippen molar-refractivity contribution in [2.75, 3.05) is 40.0 Å². The maximum Gasteiger partial charge on any atom is 0.317 e. The van der Waals surface area contributed by atoms with Crippen LogP contribution in [-0.4, -0.2) is 68.1 Å². The van der Waals surface area contributed by atoms with Crippen LogP contribution in [0.5, 0.6) is 0 Å². The zero-order valence-electron chi connectivity index (χ0n) is 12.6. The van der Waals surface area contributed by atoms with E-state index >= 15 is 0 Å². The second-order valence-electron chi connectivity index (χ2n) is 6.20. The Bertz CT molecular complexity index is 397. The van der Waals surface area contributed by atoms with Gasteiger partial charge in [-0.3, -0.25) is 4.79 Å². The van der Waals surface area contributed by atoms with Crippen LogP contribution in [0.2, 0.25) is 0 Å². The number of carboxylic acid groups (broad SMARTS) is 1. The van der Waals surface area contributed by atoms with Gasteiger partial charge in [-0.25, -0.2) is 4.79 Å². The van der Waals surface area contributed by atoms with Crippen LogP contribution in [0.3, 0.4) is 0 Å². The molecule has 2 saturated heterocycles. The summed E-state index contributed by atoms with van der Waals surface area (Å²) in [5, 5.41) is 12.1. The summed E-state index contributed by atoms with van der Waals surface area (Å²) in [5.74, 6) is -0.603. The standard InChI is InChI=1S/C14H24N2O5/c1-14(12(17)18)9-21-8-11(14)15-13(19)16(2)6-10-4-3-5-20-7-10/h10-11H,3-9H2,1-2H3,(H,15,19)(H,17,18). The first-order chi connectivity index (χ1) is 9.93. The summed E-state index contributed by atoms with van der Waals surface area (Å²) in [7, 11) is 1.72. The highest BCUT2D eigenvalue weighted by atomic mass is 16.5. The Hall–Kier alpha value is -1.34. The highest BCUT2D eigenvalue weighted by Crippen LogP contribution is 2.28.